The highest BCUT2D eigenvalue weighted by atomic mass is 35.5. The lowest BCUT2D eigenvalue weighted by Gasteiger charge is -2.29. The van der Waals surface area contributed by atoms with E-state index in [9.17, 15) is 13.2 Å². The summed E-state index contributed by atoms with van der Waals surface area (Å²) in [5, 5.41) is 4.70. The number of hydrogen-bond donors (Lipinski definition) is 1. The molecular formula is C20H21ClN2O3S. The number of hydrogen-bond acceptors (Lipinski definition) is 3. The maximum atomic E-state index is 12.5. The molecule has 2 aromatic rings. The van der Waals surface area contributed by atoms with Crippen molar-refractivity contribution < 1.29 is 13.2 Å². The van der Waals surface area contributed by atoms with Gasteiger partial charge in [0.25, 0.3) is 0 Å². The average molecular weight is 405 g/mol. The minimum Gasteiger partial charge on any atom is -0.326 e. The van der Waals surface area contributed by atoms with E-state index in [1.54, 1.807) is 30.3 Å². The number of piperidine rings is 1. The van der Waals surface area contributed by atoms with Gasteiger partial charge in [-0.05, 0) is 48.7 Å². The Morgan fingerprint density at radius 1 is 1.04 bits per heavy atom. The highest BCUT2D eigenvalue weighted by Gasteiger charge is 2.29. The summed E-state index contributed by atoms with van der Waals surface area (Å²) in [5.41, 5.74) is 1.52. The molecule has 0 radical (unpaired) electrons. The zero-order valence-corrected chi connectivity index (χ0v) is 16.3. The Morgan fingerprint density at radius 3 is 2.30 bits per heavy atom. The van der Waals surface area contributed by atoms with Crippen molar-refractivity contribution in [2.24, 2.45) is 5.92 Å². The first kappa shape index (κ1) is 19.6. The molecule has 3 rings (SSSR count). The van der Waals surface area contributed by atoms with Crippen LogP contribution < -0.4 is 5.32 Å². The summed E-state index contributed by atoms with van der Waals surface area (Å²) in [6.45, 7) is 0.667. The van der Waals surface area contributed by atoms with Gasteiger partial charge in [0.15, 0.2) is 0 Å². The lowest BCUT2D eigenvalue weighted by Crippen LogP contribution is -2.40. The second-order valence-corrected chi connectivity index (χ2v) is 8.68. The second kappa shape index (κ2) is 8.69. The average Bonchev–Trinajstić information content (AvgIpc) is 2.68. The van der Waals surface area contributed by atoms with Gasteiger partial charge in [0.05, 0.1) is 0 Å². The summed E-state index contributed by atoms with van der Waals surface area (Å²) in [7, 11) is -3.51. The number of halogens is 1. The van der Waals surface area contributed by atoms with Crippen LogP contribution in [0.2, 0.25) is 5.02 Å². The molecule has 1 fully saturated rings. The lowest BCUT2D eigenvalue weighted by atomic mass is 9.97. The van der Waals surface area contributed by atoms with Gasteiger partial charge in [-0.2, -0.15) is 4.31 Å². The minimum atomic E-state index is -3.51. The van der Waals surface area contributed by atoms with E-state index in [4.69, 9.17) is 11.6 Å². The van der Waals surface area contributed by atoms with E-state index in [0.29, 0.717) is 31.0 Å². The molecule has 1 aliphatic heterocycles. The second-order valence-electron chi connectivity index (χ2n) is 6.43. The number of amides is 1. The van der Waals surface area contributed by atoms with E-state index in [-0.39, 0.29) is 11.8 Å². The first-order chi connectivity index (χ1) is 12.9. The smallest absolute Gasteiger partial charge is 0.236 e. The standard InChI is InChI=1S/C20H21ClN2O3S/c21-18-8-6-16(7-9-18)12-15-27(25,26)23-13-10-17(11-14-23)20(24)22-19-4-2-1-3-5-19/h1-9,12,15,17H,10-11,13-14H2,(H,22,24)/b15-12+. The molecule has 0 unspecified atom stereocenters. The zero-order valence-electron chi connectivity index (χ0n) is 14.7. The topological polar surface area (TPSA) is 66.5 Å². The molecule has 27 heavy (non-hydrogen) atoms. The molecule has 0 spiro atoms. The fourth-order valence-electron chi connectivity index (χ4n) is 2.96. The van der Waals surface area contributed by atoms with E-state index in [1.165, 1.54) is 9.71 Å². The maximum absolute atomic E-state index is 12.5. The van der Waals surface area contributed by atoms with Gasteiger partial charge in [-0.25, -0.2) is 8.42 Å². The fraction of sp³-hybridized carbons (Fsp3) is 0.250. The van der Waals surface area contributed by atoms with Gasteiger partial charge in [-0.3, -0.25) is 4.79 Å². The molecule has 7 heteroatoms. The van der Waals surface area contributed by atoms with Crippen LogP contribution >= 0.6 is 11.6 Å². The first-order valence-electron chi connectivity index (χ1n) is 8.74. The van der Waals surface area contributed by atoms with Crippen LogP contribution in [-0.4, -0.2) is 31.7 Å². The number of rotatable bonds is 5. The molecule has 142 valence electrons. The van der Waals surface area contributed by atoms with Crippen molar-refractivity contribution in [3.63, 3.8) is 0 Å². The SMILES string of the molecule is O=C(Nc1ccccc1)C1CCN(S(=O)(=O)/C=C/c2ccc(Cl)cc2)CC1. The molecule has 1 N–H and O–H groups in total. The molecule has 2 aromatic carbocycles. The third kappa shape index (κ3) is 5.42. The van der Waals surface area contributed by atoms with Crippen LogP contribution in [0.25, 0.3) is 6.08 Å². The molecular weight excluding hydrogens is 384 g/mol. The predicted molar refractivity (Wildman–Crippen MR) is 109 cm³/mol. The highest BCUT2D eigenvalue weighted by Crippen LogP contribution is 2.22. The Bertz CT molecular complexity index is 904. The van der Waals surface area contributed by atoms with Crippen molar-refractivity contribution in [1.82, 2.24) is 4.31 Å². The van der Waals surface area contributed by atoms with Crippen LogP contribution in [0.5, 0.6) is 0 Å². The number of benzene rings is 2. The van der Waals surface area contributed by atoms with Gasteiger partial charge >= 0.3 is 0 Å². The Balaban J connectivity index is 1.56. The molecule has 0 saturated carbocycles. The third-order valence-corrected chi connectivity index (χ3v) is 6.35. The molecule has 0 aliphatic carbocycles. The monoisotopic (exact) mass is 404 g/mol. The van der Waals surface area contributed by atoms with Crippen molar-refractivity contribution in [2.45, 2.75) is 12.8 Å². The molecule has 1 heterocycles. The number of carbonyl (C=O) groups excluding carboxylic acids is 1. The number of sulfonamides is 1. The third-order valence-electron chi connectivity index (χ3n) is 4.53. The zero-order chi connectivity index (χ0) is 19.3. The quantitative estimate of drug-likeness (QED) is 0.819. The van der Waals surface area contributed by atoms with Crippen LogP contribution in [0.15, 0.2) is 60.0 Å². The summed E-state index contributed by atoms with van der Waals surface area (Å²) in [6, 6.07) is 16.2. The number of nitrogens with one attached hydrogen (secondary N) is 1. The van der Waals surface area contributed by atoms with E-state index in [0.717, 1.165) is 11.3 Å². The molecule has 1 saturated heterocycles. The summed E-state index contributed by atoms with van der Waals surface area (Å²) in [5.74, 6) is -0.244. The van der Waals surface area contributed by atoms with Crippen molar-refractivity contribution in [1.29, 1.82) is 0 Å². The van der Waals surface area contributed by atoms with Gasteiger partial charge in [-0.15, -0.1) is 0 Å². The summed E-state index contributed by atoms with van der Waals surface area (Å²) < 4.78 is 26.4. The summed E-state index contributed by atoms with van der Waals surface area (Å²) in [4.78, 5) is 12.4. The van der Waals surface area contributed by atoms with Gasteiger partial charge in [0.1, 0.15) is 0 Å². The van der Waals surface area contributed by atoms with Crippen molar-refractivity contribution in [2.75, 3.05) is 18.4 Å². The minimum absolute atomic E-state index is 0.0602. The number of anilines is 1. The van der Waals surface area contributed by atoms with Crippen LogP contribution in [0.3, 0.4) is 0 Å². The summed E-state index contributed by atoms with van der Waals surface area (Å²) >= 11 is 5.83. The van der Waals surface area contributed by atoms with Crippen LogP contribution in [0.4, 0.5) is 5.69 Å². The van der Waals surface area contributed by atoms with Crippen molar-refractivity contribution >= 4 is 39.3 Å². The predicted octanol–water partition coefficient (Wildman–Crippen LogP) is 3.99. The first-order valence-corrected chi connectivity index (χ1v) is 10.6. The van der Waals surface area contributed by atoms with Crippen LogP contribution in [-0.2, 0) is 14.8 Å². The molecule has 5 nitrogen and oxygen atoms in total. The Hall–Kier alpha value is -2.15. The number of para-hydroxylation sites is 1. The van der Waals surface area contributed by atoms with Crippen molar-refractivity contribution in [3.05, 3.63) is 70.6 Å². The van der Waals surface area contributed by atoms with Gasteiger partial charge in [0, 0.05) is 35.1 Å². The molecule has 0 aromatic heterocycles. The van der Waals surface area contributed by atoms with E-state index < -0.39 is 10.0 Å². The molecule has 0 bridgehead atoms. The van der Waals surface area contributed by atoms with Gasteiger partial charge in [0.2, 0.25) is 15.9 Å². The fourth-order valence-corrected chi connectivity index (χ4v) is 4.31. The molecule has 0 atom stereocenters. The van der Waals surface area contributed by atoms with E-state index in [1.807, 2.05) is 30.3 Å². The lowest BCUT2D eigenvalue weighted by molar-refractivity contribution is -0.120. The molecule has 1 amide bonds. The van der Waals surface area contributed by atoms with Crippen LogP contribution in [0.1, 0.15) is 18.4 Å². The normalized spacial score (nSPS) is 16.5. The highest BCUT2D eigenvalue weighted by molar-refractivity contribution is 7.92. The van der Waals surface area contributed by atoms with E-state index >= 15 is 0 Å². The maximum Gasteiger partial charge on any atom is 0.236 e. The largest absolute Gasteiger partial charge is 0.326 e. The Kier molecular flexibility index (Phi) is 6.31. The summed E-state index contributed by atoms with van der Waals surface area (Å²) in [6.07, 6.45) is 2.57. The Morgan fingerprint density at radius 2 is 1.67 bits per heavy atom. The number of carbonyl (C=O) groups is 1. The number of nitrogens with zero attached hydrogens (tertiary/aromatic N) is 1. The van der Waals surface area contributed by atoms with E-state index in [2.05, 4.69) is 5.32 Å². The Labute approximate surface area is 164 Å². The van der Waals surface area contributed by atoms with Gasteiger partial charge < -0.3 is 5.32 Å². The molecule has 1 aliphatic rings. The van der Waals surface area contributed by atoms with Crippen LogP contribution in [0, 0.1) is 5.92 Å². The van der Waals surface area contributed by atoms with Crippen molar-refractivity contribution in [3.8, 4) is 0 Å². The van der Waals surface area contributed by atoms with Gasteiger partial charge in [-0.1, -0.05) is 41.9 Å².